The number of hydrogen-bond donors (Lipinski definition) is 3. The first-order chi connectivity index (χ1) is 14.5. The molecule has 0 spiro atoms. The van der Waals surface area contributed by atoms with Crippen molar-refractivity contribution < 1.29 is 4.39 Å². The second kappa shape index (κ2) is 9.91. The van der Waals surface area contributed by atoms with E-state index in [9.17, 15) is 4.39 Å². The second-order valence-electron chi connectivity index (χ2n) is 7.35. The maximum Gasteiger partial charge on any atom is 0.123 e. The Morgan fingerprint density at radius 2 is 2.13 bits per heavy atom. The van der Waals surface area contributed by atoms with Crippen LogP contribution in [-0.2, 0) is 13.0 Å². The topological polar surface area (TPSA) is 68.2 Å². The van der Waals surface area contributed by atoms with Crippen molar-refractivity contribution in [1.29, 1.82) is 0 Å². The predicted octanol–water partition coefficient (Wildman–Crippen LogP) is 4.53. The Morgan fingerprint density at radius 3 is 2.77 bits per heavy atom. The minimum absolute atomic E-state index is 0.286. The molecule has 0 bridgehead atoms. The highest BCUT2D eigenvalue weighted by Crippen LogP contribution is 2.44. The average molecular weight is 426 g/mol. The van der Waals surface area contributed by atoms with Gasteiger partial charge in [0.1, 0.15) is 5.82 Å². The van der Waals surface area contributed by atoms with E-state index in [1.54, 1.807) is 18.3 Å². The van der Waals surface area contributed by atoms with Crippen LogP contribution in [0.3, 0.4) is 0 Å². The Bertz CT molecular complexity index is 974. The maximum absolute atomic E-state index is 13.3. The van der Waals surface area contributed by atoms with Gasteiger partial charge in [0.2, 0.25) is 0 Å². The van der Waals surface area contributed by atoms with Crippen LogP contribution in [0.1, 0.15) is 25.5 Å². The Hall–Kier alpha value is -2.64. The molecule has 1 heterocycles. The lowest BCUT2D eigenvalue weighted by Crippen LogP contribution is -2.32. The first-order valence-corrected chi connectivity index (χ1v) is 10.5. The molecule has 2 aromatic rings. The summed E-state index contributed by atoms with van der Waals surface area (Å²) in [5, 5.41) is 4.41. The molecule has 0 saturated carbocycles. The summed E-state index contributed by atoms with van der Waals surface area (Å²) < 4.78 is 18.2. The van der Waals surface area contributed by atoms with Gasteiger partial charge < -0.3 is 5.73 Å². The van der Waals surface area contributed by atoms with Crippen molar-refractivity contribution in [3.05, 3.63) is 84.1 Å². The number of nitrogens with one attached hydrogen (secondary N) is 1. The van der Waals surface area contributed by atoms with Gasteiger partial charge in [0, 0.05) is 36.8 Å². The summed E-state index contributed by atoms with van der Waals surface area (Å²) in [4.78, 5) is 4.73. The highest BCUT2D eigenvalue weighted by molar-refractivity contribution is 7.78. The van der Waals surface area contributed by atoms with Gasteiger partial charge in [-0.15, -0.1) is 6.58 Å². The zero-order valence-corrected chi connectivity index (χ0v) is 18.1. The SMILES string of the molecule is C=CC1(Cc2ccnn2CC)CC(=CN)C(=Nc2ccc(F)cc2)C=C1CCNS. The van der Waals surface area contributed by atoms with Crippen LogP contribution < -0.4 is 10.5 Å². The number of nitrogens with two attached hydrogens (primary N) is 1. The van der Waals surface area contributed by atoms with E-state index < -0.39 is 0 Å². The molecule has 158 valence electrons. The Morgan fingerprint density at radius 1 is 1.37 bits per heavy atom. The minimum Gasteiger partial charge on any atom is -0.404 e. The van der Waals surface area contributed by atoms with E-state index in [0.29, 0.717) is 18.7 Å². The Kier molecular flexibility index (Phi) is 7.29. The quantitative estimate of drug-likeness (QED) is 0.430. The molecule has 0 saturated heterocycles. The molecule has 1 atom stereocenters. The van der Waals surface area contributed by atoms with Crippen LogP contribution in [0.2, 0.25) is 0 Å². The smallest absolute Gasteiger partial charge is 0.123 e. The van der Waals surface area contributed by atoms with E-state index in [-0.39, 0.29) is 11.2 Å². The molecule has 1 aromatic heterocycles. The van der Waals surface area contributed by atoms with Crippen LogP contribution in [0.15, 0.2) is 77.6 Å². The fourth-order valence-electron chi connectivity index (χ4n) is 3.93. The number of benzene rings is 1. The summed E-state index contributed by atoms with van der Waals surface area (Å²) in [5.74, 6) is -0.286. The maximum atomic E-state index is 13.3. The van der Waals surface area contributed by atoms with Gasteiger partial charge >= 0.3 is 0 Å². The van der Waals surface area contributed by atoms with Crippen molar-refractivity contribution >= 4 is 24.2 Å². The van der Waals surface area contributed by atoms with E-state index >= 15 is 0 Å². The third-order valence-electron chi connectivity index (χ3n) is 5.56. The fraction of sp³-hybridized carbons (Fsp3) is 0.304. The van der Waals surface area contributed by atoms with Gasteiger partial charge in [-0.3, -0.25) is 9.40 Å². The lowest BCUT2D eigenvalue weighted by atomic mass is 9.66. The van der Waals surface area contributed by atoms with E-state index in [1.165, 1.54) is 17.7 Å². The molecule has 7 heteroatoms. The van der Waals surface area contributed by atoms with E-state index in [4.69, 9.17) is 10.7 Å². The van der Waals surface area contributed by atoms with Gasteiger partial charge in [0.15, 0.2) is 0 Å². The molecule has 1 aliphatic rings. The van der Waals surface area contributed by atoms with Crippen LogP contribution in [0.4, 0.5) is 10.1 Å². The summed E-state index contributed by atoms with van der Waals surface area (Å²) in [7, 11) is 0. The number of hydrogen-bond acceptors (Lipinski definition) is 5. The zero-order chi connectivity index (χ0) is 21.6. The largest absolute Gasteiger partial charge is 0.404 e. The summed E-state index contributed by atoms with van der Waals surface area (Å²) in [6, 6.07) is 8.19. The zero-order valence-electron chi connectivity index (χ0n) is 17.2. The number of aryl methyl sites for hydroxylation is 1. The van der Waals surface area contributed by atoms with Crippen LogP contribution in [0.25, 0.3) is 0 Å². The van der Waals surface area contributed by atoms with Crippen LogP contribution in [0.5, 0.6) is 0 Å². The standard InChI is InChI=1S/C23H28FN5S/c1-3-23(15-21-10-11-26-29(21)4-2)14-17(16-25)22(13-18(23)9-12-27-30)28-20-7-5-19(24)6-8-20/h3,5-8,10-11,13,16,27,30H,1,4,9,12,14-15,25H2,2H3. The van der Waals surface area contributed by atoms with Crippen molar-refractivity contribution in [1.82, 2.24) is 14.5 Å². The fourth-order valence-corrected chi connectivity index (χ4v) is 4.04. The van der Waals surface area contributed by atoms with Crippen molar-refractivity contribution in [2.24, 2.45) is 16.1 Å². The summed E-state index contributed by atoms with van der Waals surface area (Å²) >= 11 is 4.16. The summed E-state index contributed by atoms with van der Waals surface area (Å²) in [6.45, 7) is 7.78. The number of aromatic nitrogens is 2. The average Bonchev–Trinajstić information content (AvgIpc) is 3.21. The second-order valence-corrected chi connectivity index (χ2v) is 7.66. The van der Waals surface area contributed by atoms with Gasteiger partial charge in [0.05, 0.1) is 11.4 Å². The Labute approximate surface area is 182 Å². The first kappa shape index (κ1) is 22.1. The van der Waals surface area contributed by atoms with Crippen LogP contribution >= 0.6 is 12.8 Å². The van der Waals surface area contributed by atoms with Crippen molar-refractivity contribution in [3.8, 4) is 0 Å². The highest BCUT2D eigenvalue weighted by atomic mass is 32.1. The molecule has 3 rings (SSSR count). The molecule has 0 amide bonds. The molecule has 0 fully saturated rings. The van der Waals surface area contributed by atoms with Gasteiger partial charge in [0.25, 0.3) is 0 Å². The molecule has 30 heavy (non-hydrogen) atoms. The third kappa shape index (κ3) is 4.74. The lowest BCUT2D eigenvalue weighted by Gasteiger charge is -2.38. The molecule has 3 N–H and O–H groups in total. The van der Waals surface area contributed by atoms with E-state index in [2.05, 4.69) is 48.3 Å². The molecular formula is C23H28FN5S. The van der Waals surface area contributed by atoms with E-state index in [0.717, 1.165) is 36.4 Å². The first-order valence-electron chi connectivity index (χ1n) is 10.0. The molecular weight excluding hydrogens is 397 g/mol. The summed E-state index contributed by atoms with van der Waals surface area (Å²) in [5.41, 5.74) is 10.5. The highest BCUT2D eigenvalue weighted by Gasteiger charge is 2.37. The van der Waals surface area contributed by atoms with Crippen molar-refractivity contribution in [2.45, 2.75) is 32.7 Å². The summed E-state index contributed by atoms with van der Waals surface area (Å²) in [6.07, 6.45) is 9.79. The van der Waals surface area contributed by atoms with E-state index in [1.807, 2.05) is 17.0 Å². The van der Waals surface area contributed by atoms with Gasteiger partial charge in [-0.1, -0.05) is 24.5 Å². The lowest BCUT2D eigenvalue weighted by molar-refractivity contribution is 0.418. The van der Waals surface area contributed by atoms with Crippen LogP contribution in [-0.4, -0.2) is 22.0 Å². The molecule has 0 radical (unpaired) electrons. The van der Waals surface area contributed by atoms with Crippen LogP contribution in [0, 0.1) is 11.2 Å². The third-order valence-corrected chi connectivity index (χ3v) is 5.78. The van der Waals surface area contributed by atoms with Crippen molar-refractivity contribution in [2.75, 3.05) is 6.54 Å². The normalized spacial score (nSPS) is 21.8. The number of nitrogens with zero attached hydrogens (tertiary/aromatic N) is 3. The number of allylic oxidation sites excluding steroid dienone is 3. The molecule has 1 unspecified atom stereocenters. The molecule has 0 aliphatic heterocycles. The number of aliphatic imine (C=N–C) groups is 1. The minimum atomic E-state index is -0.301. The molecule has 1 aliphatic carbocycles. The number of halogens is 1. The van der Waals surface area contributed by atoms with Gasteiger partial charge in [-0.25, -0.2) is 9.38 Å². The number of rotatable bonds is 8. The Balaban J connectivity index is 2.06. The van der Waals surface area contributed by atoms with Gasteiger partial charge in [-0.2, -0.15) is 5.10 Å². The molecule has 5 nitrogen and oxygen atoms in total. The monoisotopic (exact) mass is 425 g/mol. The molecule has 1 aromatic carbocycles. The van der Waals surface area contributed by atoms with Gasteiger partial charge in [-0.05, 0) is 67.9 Å². The number of thiol groups is 1. The van der Waals surface area contributed by atoms with Crippen molar-refractivity contribution in [3.63, 3.8) is 0 Å². The predicted molar refractivity (Wildman–Crippen MR) is 124 cm³/mol.